The van der Waals surface area contributed by atoms with E-state index in [1.54, 1.807) is 23.1 Å². The number of hydrogen-bond acceptors (Lipinski definition) is 3. The Morgan fingerprint density at radius 1 is 1.15 bits per heavy atom. The van der Waals surface area contributed by atoms with Gasteiger partial charge in [-0.25, -0.2) is 8.78 Å². The number of para-hydroxylation sites is 2. The predicted molar refractivity (Wildman–Crippen MR) is 97.6 cm³/mol. The van der Waals surface area contributed by atoms with Crippen molar-refractivity contribution in [3.05, 3.63) is 59.7 Å². The number of aromatic hydroxyl groups is 1. The number of hydrogen-bond donors (Lipinski definition) is 1. The lowest BCUT2D eigenvalue weighted by Crippen LogP contribution is -2.42. The lowest BCUT2D eigenvalue weighted by atomic mass is 9.91. The topological polar surface area (TPSA) is 49.8 Å². The monoisotopic (exact) mass is 375 g/mol. The summed E-state index contributed by atoms with van der Waals surface area (Å²) < 4.78 is 32.9. The van der Waals surface area contributed by atoms with E-state index in [-0.39, 0.29) is 35.5 Å². The number of carbonyl (C=O) groups is 1. The van der Waals surface area contributed by atoms with Gasteiger partial charge in [-0.15, -0.1) is 0 Å². The number of ether oxygens (including phenoxy) is 1. The summed E-state index contributed by atoms with van der Waals surface area (Å²) in [7, 11) is 0. The van der Waals surface area contributed by atoms with Crippen LogP contribution in [0.5, 0.6) is 11.5 Å². The highest BCUT2D eigenvalue weighted by atomic mass is 19.1. The molecule has 2 aromatic rings. The number of phenols is 1. The Balaban J connectivity index is 1.51. The second kappa shape index (κ2) is 8.84. The maximum atomic E-state index is 13.8. The molecule has 0 radical (unpaired) electrons. The SMILES string of the molecule is O=C(COc1ccccc1O)N1CCCC(CCc2c(F)cccc2F)C1. The van der Waals surface area contributed by atoms with E-state index < -0.39 is 11.6 Å². The first-order chi connectivity index (χ1) is 13.0. The summed E-state index contributed by atoms with van der Waals surface area (Å²) in [5, 5.41) is 9.69. The quantitative estimate of drug-likeness (QED) is 0.833. The number of nitrogens with zero attached hydrogens (tertiary/aromatic N) is 1. The number of phenolic OH excluding ortho intramolecular Hbond substituents is 1. The molecule has 1 atom stereocenters. The molecule has 0 spiro atoms. The summed E-state index contributed by atoms with van der Waals surface area (Å²) in [5.41, 5.74) is 0.115. The van der Waals surface area contributed by atoms with E-state index in [0.717, 1.165) is 12.8 Å². The van der Waals surface area contributed by atoms with Crippen molar-refractivity contribution in [3.63, 3.8) is 0 Å². The molecule has 1 fully saturated rings. The summed E-state index contributed by atoms with van der Waals surface area (Å²) in [6.07, 6.45) is 2.73. The molecule has 6 heteroatoms. The number of rotatable bonds is 6. The van der Waals surface area contributed by atoms with Gasteiger partial charge in [0.2, 0.25) is 0 Å². The summed E-state index contributed by atoms with van der Waals surface area (Å²) in [4.78, 5) is 14.1. The van der Waals surface area contributed by atoms with Crippen molar-refractivity contribution in [2.75, 3.05) is 19.7 Å². The van der Waals surface area contributed by atoms with E-state index in [1.807, 2.05) is 0 Å². The number of carbonyl (C=O) groups excluding carboxylic acids is 1. The fraction of sp³-hybridized carbons (Fsp3) is 0.381. The molecule has 27 heavy (non-hydrogen) atoms. The molecule has 0 aromatic heterocycles. The lowest BCUT2D eigenvalue weighted by Gasteiger charge is -2.33. The molecule has 0 aliphatic carbocycles. The van der Waals surface area contributed by atoms with Gasteiger partial charge in [-0.1, -0.05) is 18.2 Å². The molecule has 1 heterocycles. The second-order valence-corrected chi connectivity index (χ2v) is 6.84. The molecule has 0 bridgehead atoms. The van der Waals surface area contributed by atoms with Crippen LogP contribution in [-0.4, -0.2) is 35.6 Å². The first kappa shape index (κ1) is 19.1. The van der Waals surface area contributed by atoms with Crippen LogP contribution in [-0.2, 0) is 11.2 Å². The van der Waals surface area contributed by atoms with Gasteiger partial charge in [0, 0.05) is 18.7 Å². The fourth-order valence-electron chi connectivity index (χ4n) is 3.46. The number of amides is 1. The Morgan fingerprint density at radius 3 is 2.63 bits per heavy atom. The first-order valence-electron chi connectivity index (χ1n) is 9.16. The van der Waals surface area contributed by atoms with Crippen molar-refractivity contribution in [2.24, 2.45) is 5.92 Å². The van der Waals surface area contributed by atoms with Crippen LogP contribution in [0.15, 0.2) is 42.5 Å². The van der Waals surface area contributed by atoms with Gasteiger partial charge in [-0.2, -0.15) is 0 Å². The van der Waals surface area contributed by atoms with Crippen molar-refractivity contribution < 1.29 is 23.4 Å². The summed E-state index contributed by atoms with van der Waals surface area (Å²) in [6.45, 7) is 1.05. The molecular weight excluding hydrogens is 352 g/mol. The van der Waals surface area contributed by atoms with Gasteiger partial charge < -0.3 is 14.7 Å². The molecule has 1 aliphatic heterocycles. The minimum Gasteiger partial charge on any atom is -0.504 e. The van der Waals surface area contributed by atoms with E-state index in [9.17, 15) is 18.7 Å². The highest BCUT2D eigenvalue weighted by Crippen LogP contribution is 2.26. The third kappa shape index (κ3) is 4.96. The van der Waals surface area contributed by atoms with Crippen LogP contribution < -0.4 is 4.74 Å². The highest BCUT2D eigenvalue weighted by Gasteiger charge is 2.24. The van der Waals surface area contributed by atoms with Crippen LogP contribution >= 0.6 is 0 Å². The van der Waals surface area contributed by atoms with Crippen LogP contribution in [0, 0.1) is 17.6 Å². The Morgan fingerprint density at radius 2 is 1.89 bits per heavy atom. The van der Waals surface area contributed by atoms with Gasteiger partial charge in [-0.05, 0) is 55.9 Å². The first-order valence-corrected chi connectivity index (χ1v) is 9.16. The molecule has 1 saturated heterocycles. The molecule has 2 aromatic carbocycles. The van der Waals surface area contributed by atoms with Gasteiger partial charge in [-0.3, -0.25) is 4.79 Å². The van der Waals surface area contributed by atoms with E-state index in [1.165, 1.54) is 24.3 Å². The predicted octanol–water partition coefficient (Wildman–Crippen LogP) is 3.92. The Hall–Kier alpha value is -2.63. The zero-order chi connectivity index (χ0) is 19.2. The molecule has 1 N–H and O–H groups in total. The van der Waals surface area contributed by atoms with Crippen molar-refractivity contribution in [1.82, 2.24) is 4.90 Å². The summed E-state index contributed by atoms with van der Waals surface area (Å²) in [5.74, 6) is -0.723. The minimum atomic E-state index is -0.519. The summed E-state index contributed by atoms with van der Waals surface area (Å²) in [6, 6.07) is 10.4. The average Bonchev–Trinajstić information content (AvgIpc) is 2.67. The third-order valence-electron chi connectivity index (χ3n) is 4.95. The molecule has 0 saturated carbocycles. The van der Waals surface area contributed by atoms with Gasteiger partial charge in [0.1, 0.15) is 11.6 Å². The third-order valence-corrected chi connectivity index (χ3v) is 4.95. The Labute approximate surface area is 157 Å². The van der Waals surface area contributed by atoms with E-state index >= 15 is 0 Å². The zero-order valence-corrected chi connectivity index (χ0v) is 15.0. The number of benzene rings is 2. The van der Waals surface area contributed by atoms with Crippen molar-refractivity contribution in [3.8, 4) is 11.5 Å². The molecule has 3 rings (SSSR count). The molecule has 1 amide bonds. The van der Waals surface area contributed by atoms with Gasteiger partial charge in [0.25, 0.3) is 5.91 Å². The standard InChI is InChI=1S/C21H23F2NO3/c22-17-6-3-7-18(23)16(17)11-10-15-5-4-12-24(13-15)21(26)14-27-20-9-2-1-8-19(20)25/h1-3,6-9,15,25H,4-5,10-14H2. The van der Waals surface area contributed by atoms with E-state index in [4.69, 9.17) is 4.74 Å². The average molecular weight is 375 g/mol. The largest absolute Gasteiger partial charge is 0.504 e. The van der Waals surface area contributed by atoms with Crippen LogP contribution in [0.3, 0.4) is 0 Å². The van der Waals surface area contributed by atoms with E-state index in [0.29, 0.717) is 25.9 Å². The zero-order valence-electron chi connectivity index (χ0n) is 15.0. The molecule has 1 aliphatic rings. The minimum absolute atomic E-state index is 0.00580. The number of likely N-dealkylation sites (tertiary alicyclic amines) is 1. The van der Waals surface area contributed by atoms with Crippen molar-refractivity contribution in [1.29, 1.82) is 0 Å². The van der Waals surface area contributed by atoms with Gasteiger partial charge >= 0.3 is 0 Å². The van der Waals surface area contributed by atoms with Crippen molar-refractivity contribution in [2.45, 2.75) is 25.7 Å². The second-order valence-electron chi connectivity index (χ2n) is 6.84. The van der Waals surface area contributed by atoms with E-state index in [2.05, 4.69) is 0 Å². The van der Waals surface area contributed by atoms with Crippen LogP contribution in [0.2, 0.25) is 0 Å². The number of halogens is 2. The van der Waals surface area contributed by atoms with Crippen LogP contribution in [0.1, 0.15) is 24.8 Å². The smallest absolute Gasteiger partial charge is 0.260 e. The maximum Gasteiger partial charge on any atom is 0.260 e. The van der Waals surface area contributed by atoms with Crippen LogP contribution in [0.4, 0.5) is 8.78 Å². The van der Waals surface area contributed by atoms with Crippen molar-refractivity contribution >= 4 is 5.91 Å². The molecule has 4 nitrogen and oxygen atoms in total. The maximum absolute atomic E-state index is 13.8. The lowest BCUT2D eigenvalue weighted by molar-refractivity contribution is -0.135. The number of piperidine rings is 1. The highest BCUT2D eigenvalue weighted by molar-refractivity contribution is 5.78. The van der Waals surface area contributed by atoms with Crippen LogP contribution in [0.25, 0.3) is 0 Å². The normalized spacial score (nSPS) is 17.0. The Kier molecular flexibility index (Phi) is 6.27. The van der Waals surface area contributed by atoms with Gasteiger partial charge in [0.05, 0.1) is 0 Å². The fourth-order valence-corrected chi connectivity index (χ4v) is 3.46. The molecular formula is C21H23F2NO3. The molecule has 144 valence electrons. The molecule has 1 unspecified atom stereocenters. The summed E-state index contributed by atoms with van der Waals surface area (Å²) >= 11 is 0. The van der Waals surface area contributed by atoms with Gasteiger partial charge in [0.15, 0.2) is 18.1 Å². The Bertz CT molecular complexity index is 776.